The van der Waals surface area contributed by atoms with Crippen LogP contribution in [0.1, 0.15) is 63.9 Å². The zero-order valence-electron chi connectivity index (χ0n) is 13.5. The first-order valence-electron chi connectivity index (χ1n) is 9.11. The van der Waals surface area contributed by atoms with E-state index < -0.39 is 0 Å². The van der Waals surface area contributed by atoms with Crippen LogP contribution in [0, 0.1) is 17.8 Å². The summed E-state index contributed by atoms with van der Waals surface area (Å²) in [5.74, 6) is 3.03. The lowest BCUT2D eigenvalue weighted by molar-refractivity contribution is 0.109. The largest absolute Gasteiger partial charge is 0.313 e. The van der Waals surface area contributed by atoms with E-state index in [1.807, 2.05) is 11.3 Å². The van der Waals surface area contributed by atoms with Crippen molar-refractivity contribution in [2.24, 2.45) is 17.8 Å². The van der Waals surface area contributed by atoms with Gasteiger partial charge >= 0.3 is 0 Å². The number of rotatable bonds is 6. The van der Waals surface area contributed by atoms with Crippen molar-refractivity contribution in [1.82, 2.24) is 5.32 Å². The Bertz CT molecular complexity index is 400. The van der Waals surface area contributed by atoms with Crippen LogP contribution in [0.25, 0.3) is 0 Å². The summed E-state index contributed by atoms with van der Waals surface area (Å²) in [5, 5.41) is 8.44. The fourth-order valence-electron chi connectivity index (χ4n) is 4.67. The average Bonchev–Trinajstić information content (AvgIpc) is 3.04. The molecule has 0 amide bonds. The first-order valence-corrected chi connectivity index (χ1v) is 10.1. The van der Waals surface area contributed by atoms with E-state index in [1.165, 1.54) is 64.3 Å². The second-order valence-corrected chi connectivity index (χ2v) is 8.05. The molecule has 0 saturated heterocycles. The fourth-order valence-corrected chi connectivity index (χ4v) is 5.35. The van der Waals surface area contributed by atoms with Gasteiger partial charge in [0.1, 0.15) is 0 Å². The van der Waals surface area contributed by atoms with Crippen molar-refractivity contribution in [1.29, 1.82) is 0 Å². The SMILES string of the molecule is CCCNC(Cc1ccsc1)C1CCC2CCCCC2C1. The number of thiophene rings is 1. The predicted molar refractivity (Wildman–Crippen MR) is 92.9 cm³/mol. The van der Waals surface area contributed by atoms with Gasteiger partial charge in [-0.05, 0) is 78.8 Å². The molecule has 1 N–H and O–H groups in total. The molecule has 2 aliphatic carbocycles. The number of fused-ring (bicyclic) bond motifs is 1. The molecule has 4 atom stereocenters. The molecule has 1 aromatic rings. The van der Waals surface area contributed by atoms with Gasteiger partial charge in [-0.3, -0.25) is 0 Å². The van der Waals surface area contributed by atoms with Gasteiger partial charge in [-0.25, -0.2) is 0 Å². The molecule has 1 nitrogen and oxygen atoms in total. The summed E-state index contributed by atoms with van der Waals surface area (Å²) in [5.41, 5.74) is 1.54. The lowest BCUT2D eigenvalue weighted by Crippen LogP contribution is -2.42. The van der Waals surface area contributed by atoms with E-state index in [4.69, 9.17) is 0 Å². The summed E-state index contributed by atoms with van der Waals surface area (Å²) in [6.07, 6.45) is 13.0. The van der Waals surface area contributed by atoms with Crippen LogP contribution in [0.3, 0.4) is 0 Å². The Hall–Kier alpha value is -0.340. The molecule has 0 spiro atoms. The minimum absolute atomic E-state index is 0.711. The summed E-state index contributed by atoms with van der Waals surface area (Å²) in [4.78, 5) is 0. The van der Waals surface area contributed by atoms with E-state index in [0.29, 0.717) is 6.04 Å². The molecule has 0 aliphatic heterocycles. The average molecular weight is 306 g/mol. The maximum Gasteiger partial charge on any atom is 0.0136 e. The maximum absolute atomic E-state index is 3.88. The summed E-state index contributed by atoms with van der Waals surface area (Å²) >= 11 is 1.84. The van der Waals surface area contributed by atoms with Gasteiger partial charge in [0.15, 0.2) is 0 Å². The van der Waals surface area contributed by atoms with Crippen LogP contribution in [0.4, 0.5) is 0 Å². The molecule has 0 aromatic carbocycles. The first-order chi connectivity index (χ1) is 10.4. The molecule has 21 heavy (non-hydrogen) atoms. The fraction of sp³-hybridized carbons (Fsp3) is 0.789. The number of nitrogens with one attached hydrogen (secondary N) is 1. The van der Waals surface area contributed by atoms with Gasteiger partial charge < -0.3 is 5.32 Å². The maximum atomic E-state index is 3.88. The van der Waals surface area contributed by atoms with E-state index >= 15 is 0 Å². The summed E-state index contributed by atoms with van der Waals surface area (Å²) in [7, 11) is 0. The van der Waals surface area contributed by atoms with Crippen LogP contribution < -0.4 is 5.32 Å². The molecule has 0 bridgehead atoms. The first kappa shape index (κ1) is 15.6. The quantitative estimate of drug-likeness (QED) is 0.755. The van der Waals surface area contributed by atoms with E-state index in [0.717, 1.165) is 17.8 Å². The van der Waals surface area contributed by atoms with Gasteiger partial charge in [-0.1, -0.05) is 32.6 Å². The second kappa shape index (κ2) is 7.78. The highest BCUT2D eigenvalue weighted by atomic mass is 32.1. The highest BCUT2D eigenvalue weighted by Crippen LogP contribution is 2.43. The summed E-state index contributed by atoms with van der Waals surface area (Å²) in [6, 6.07) is 3.03. The van der Waals surface area contributed by atoms with Crippen LogP contribution in [-0.4, -0.2) is 12.6 Å². The molecule has 3 rings (SSSR count). The van der Waals surface area contributed by atoms with Crippen molar-refractivity contribution in [2.45, 2.75) is 70.8 Å². The molecular weight excluding hydrogens is 274 g/mol. The Morgan fingerprint density at radius 2 is 2.05 bits per heavy atom. The minimum Gasteiger partial charge on any atom is -0.313 e. The predicted octanol–water partition coefficient (Wildman–Crippen LogP) is 5.27. The monoisotopic (exact) mass is 305 g/mol. The molecular formula is C19H31NS. The van der Waals surface area contributed by atoms with Gasteiger partial charge in [0.25, 0.3) is 0 Å². The topological polar surface area (TPSA) is 12.0 Å². The second-order valence-electron chi connectivity index (χ2n) is 7.27. The molecule has 1 aromatic heterocycles. The Morgan fingerprint density at radius 3 is 2.81 bits per heavy atom. The normalized spacial score (nSPS) is 30.8. The van der Waals surface area contributed by atoms with Crippen molar-refractivity contribution >= 4 is 11.3 Å². The third-order valence-electron chi connectivity index (χ3n) is 5.84. The minimum atomic E-state index is 0.711. The smallest absolute Gasteiger partial charge is 0.0136 e. The van der Waals surface area contributed by atoms with Crippen LogP contribution >= 0.6 is 11.3 Å². The molecule has 118 valence electrons. The summed E-state index contributed by atoms with van der Waals surface area (Å²) < 4.78 is 0. The lowest BCUT2D eigenvalue weighted by Gasteiger charge is -2.42. The van der Waals surface area contributed by atoms with E-state index in [1.54, 1.807) is 5.56 Å². The zero-order valence-corrected chi connectivity index (χ0v) is 14.3. The molecule has 0 radical (unpaired) electrons. The van der Waals surface area contributed by atoms with Gasteiger partial charge in [-0.2, -0.15) is 11.3 Å². The Morgan fingerprint density at radius 1 is 1.19 bits per heavy atom. The molecule has 2 heteroatoms. The van der Waals surface area contributed by atoms with Crippen LogP contribution in [0.5, 0.6) is 0 Å². The molecule has 4 unspecified atom stereocenters. The van der Waals surface area contributed by atoms with E-state index in [-0.39, 0.29) is 0 Å². The zero-order chi connectivity index (χ0) is 14.5. The molecule has 2 saturated carbocycles. The van der Waals surface area contributed by atoms with Gasteiger partial charge in [-0.15, -0.1) is 0 Å². The molecule has 1 heterocycles. The van der Waals surface area contributed by atoms with Crippen LogP contribution in [0.15, 0.2) is 16.8 Å². The van der Waals surface area contributed by atoms with Crippen LogP contribution in [-0.2, 0) is 6.42 Å². The third kappa shape index (κ3) is 4.10. The van der Waals surface area contributed by atoms with Gasteiger partial charge in [0.05, 0.1) is 0 Å². The van der Waals surface area contributed by atoms with Crippen molar-refractivity contribution in [3.05, 3.63) is 22.4 Å². The highest BCUT2D eigenvalue weighted by Gasteiger charge is 2.35. The van der Waals surface area contributed by atoms with Gasteiger partial charge in [0.2, 0.25) is 0 Å². The Kier molecular flexibility index (Phi) is 5.76. The molecule has 2 fully saturated rings. The number of hydrogen-bond acceptors (Lipinski definition) is 2. The Labute approximate surface area is 134 Å². The molecule has 2 aliphatic rings. The third-order valence-corrected chi connectivity index (χ3v) is 6.57. The van der Waals surface area contributed by atoms with Crippen molar-refractivity contribution in [3.8, 4) is 0 Å². The van der Waals surface area contributed by atoms with Crippen LogP contribution in [0.2, 0.25) is 0 Å². The van der Waals surface area contributed by atoms with E-state index in [2.05, 4.69) is 29.1 Å². The van der Waals surface area contributed by atoms with Crippen molar-refractivity contribution in [2.75, 3.05) is 6.54 Å². The number of hydrogen-bond donors (Lipinski definition) is 1. The highest BCUT2D eigenvalue weighted by molar-refractivity contribution is 7.07. The Balaban J connectivity index is 1.61. The standard InChI is InChI=1S/C19H31NS/c1-2-10-20-19(12-15-9-11-21-14-15)18-8-7-16-5-3-4-6-17(16)13-18/h9,11,14,16-20H,2-8,10,12-13H2,1H3. The summed E-state index contributed by atoms with van der Waals surface area (Å²) in [6.45, 7) is 3.46. The van der Waals surface area contributed by atoms with E-state index in [9.17, 15) is 0 Å². The van der Waals surface area contributed by atoms with Gasteiger partial charge in [0, 0.05) is 6.04 Å². The van der Waals surface area contributed by atoms with Crippen molar-refractivity contribution < 1.29 is 0 Å². The lowest BCUT2D eigenvalue weighted by atomic mass is 9.65. The van der Waals surface area contributed by atoms with Crippen molar-refractivity contribution in [3.63, 3.8) is 0 Å².